The monoisotopic (exact) mass is 517 g/mol. The van der Waals surface area contributed by atoms with Crippen molar-refractivity contribution in [3.05, 3.63) is 48.0 Å². The average Bonchev–Trinajstić information content (AvgIpc) is 3.63. The lowest BCUT2D eigenvalue weighted by molar-refractivity contribution is 0.0917. The van der Waals surface area contributed by atoms with Crippen molar-refractivity contribution in [3.8, 4) is 0 Å². The normalized spacial score (nSPS) is 19.1. The minimum atomic E-state index is -3.52. The molecule has 10 heteroatoms. The molecule has 0 spiro atoms. The summed E-state index contributed by atoms with van der Waals surface area (Å²) in [5.74, 6) is -0.203. The number of rotatable bonds is 7. The maximum Gasteiger partial charge on any atom is 0.260 e. The van der Waals surface area contributed by atoms with Crippen molar-refractivity contribution in [3.63, 3.8) is 0 Å². The molecular formula is C24H27N3O4S3. The summed E-state index contributed by atoms with van der Waals surface area (Å²) in [6.07, 6.45) is 5.62. The predicted octanol–water partition coefficient (Wildman–Crippen LogP) is 4.63. The molecule has 7 nitrogen and oxygen atoms in total. The number of hydrogen-bond acceptors (Lipinski definition) is 7. The van der Waals surface area contributed by atoms with Crippen LogP contribution in [0, 0.1) is 0 Å². The Bertz CT molecular complexity index is 1280. The lowest BCUT2D eigenvalue weighted by Gasteiger charge is -2.23. The van der Waals surface area contributed by atoms with E-state index in [1.807, 2.05) is 24.5 Å². The van der Waals surface area contributed by atoms with Gasteiger partial charge in [-0.05, 0) is 68.3 Å². The van der Waals surface area contributed by atoms with Crippen LogP contribution in [-0.4, -0.2) is 62.2 Å². The Hall–Kier alpha value is -1.98. The maximum atomic E-state index is 13.7. The summed E-state index contributed by atoms with van der Waals surface area (Å²) in [4.78, 5) is 21.5. The fourth-order valence-corrected chi connectivity index (χ4v) is 7.58. The number of fused-ring (bicyclic) bond motifs is 1. The van der Waals surface area contributed by atoms with Crippen molar-refractivity contribution < 1.29 is 17.9 Å². The summed E-state index contributed by atoms with van der Waals surface area (Å²) in [5, 5.41) is 0.630. The van der Waals surface area contributed by atoms with Crippen LogP contribution in [0.15, 0.2) is 52.3 Å². The van der Waals surface area contributed by atoms with E-state index in [9.17, 15) is 13.2 Å². The van der Waals surface area contributed by atoms with Crippen LogP contribution in [0.2, 0.25) is 0 Å². The van der Waals surface area contributed by atoms with Gasteiger partial charge in [-0.1, -0.05) is 17.4 Å². The highest BCUT2D eigenvalue weighted by atomic mass is 32.2. The first-order valence-electron chi connectivity index (χ1n) is 11.4. The summed E-state index contributed by atoms with van der Waals surface area (Å²) in [6, 6.07) is 12.3. The third kappa shape index (κ3) is 4.61. The van der Waals surface area contributed by atoms with Crippen LogP contribution in [0.1, 0.15) is 36.0 Å². The van der Waals surface area contributed by atoms with Crippen LogP contribution in [-0.2, 0) is 14.8 Å². The van der Waals surface area contributed by atoms with Gasteiger partial charge >= 0.3 is 0 Å². The minimum Gasteiger partial charge on any atom is -0.376 e. The fourth-order valence-electron chi connectivity index (χ4n) is 4.43. The first-order chi connectivity index (χ1) is 16.5. The molecule has 3 aromatic rings. The topological polar surface area (TPSA) is 79.8 Å². The van der Waals surface area contributed by atoms with E-state index >= 15 is 0 Å². The van der Waals surface area contributed by atoms with Crippen LogP contribution in [0.25, 0.3) is 10.2 Å². The summed E-state index contributed by atoms with van der Waals surface area (Å²) in [6.45, 7) is 2.22. The Morgan fingerprint density at radius 2 is 1.94 bits per heavy atom. The van der Waals surface area contributed by atoms with E-state index in [-0.39, 0.29) is 16.9 Å². The number of ether oxygens (including phenoxy) is 1. The number of benzene rings is 2. The molecule has 2 aliphatic rings. The fraction of sp³-hybridized carbons (Fsp3) is 0.417. The molecule has 0 radical (unpaired) electrons. The van der Waals surface area contributed by atoms with Gasteiger partial charge in [0.15, 0.2) is 5.13 Å². The van der Waals surface area contributed by atoms with Gasteiger partial charge < -0.3 is 4.74 Å². The highest BCUT2D eigenvalue weighted by Gasteiger charge is 2.29. The van der Waals surface area contributed by atoms with E-state index in [2.05, 4.69) is 0 Å². The van der Waals surface area contributed by atoms with Crippen molar-refractivity contribution in [1.82, 2.24) is 9.29 Å². The van der Waals surface area contributed by atoms with Crippen molar-refractivity contribution in [2.24, 2.45) is 0 Å². The minimum absolute atomic E-state index is 0.0363. The molecule has 1 aromatic heterocycles. The summed E-state index contributed by atoms with van der Waals surface area (Å²) < 4.78 is 34.1. The SMILES string of the molecule is CSc1cccc2sc(N(CC3CCCO3)C(=O)c3ccc(S(=O)(=O)N4CCCC4)cc3)nc12. The van der Waals surface area contributed by atoms with Gasteiger partial charge in [-0.2, -0.15) is 4.31 Å². The number of hydrogen-bond donors (Lipinski definition) is 0. The van der Waals surface area contributed by atoms with E-state index in [1.165, 1.54) is 27.8 Å². The molecule has 3 heterocycles. The molecule has 0 saturated carbocycles. The van der Waals surface area contributed by atoms with Crippen LogP contribution in [0.5, 0.6) is 0 Å². The first-order valence-corrected chi connectivity index (χ1v) is 14.9. The first kappa shape index (κ1) is 23.7. The number of sulfonamides is 1. The molecule has 180 valence electrons. The number of thiazole rings is 1. The van der Waals surface area contributed by atoms with Crippen molar-refractivity contribution in [2.75, 3.05) is 37.4 Å². The molecule has 0 bridgehead atoms. The lowest BCUT2D eigenvalue weighted by atomic mass is 10.2. The molecule has 34 heavy (non-hydrogen) atoms. The number of anilines is 1. The van der Waals surface area contributed by atoms with E-state index in [4.69, 9.17) is 9.72 Å². The Morgan fingerprint density at radius 3 is 2.62 bits per heavy atom. The molecule has 1 amide bonds. The van der Waals surface area contributed by atoms with Crippen LogP contribution < -0.4 is 4.90 Å². The zero-order chi connectivity index (χ0) is 23.7. The molecule has 2 saturated heterocycles. The Kier molecular flexibility index (Phi) is 6.95. The zero-order valence-electron chi connectivity index (χ0n) is 19.0. The molecular weight excluding hydrogens is 490 g/mol. The van der Waals surface area contributed by atoms with E-state index in [1.54, 1.807) is 28.8 Å². The zero-order valence-corrected chi connectivity index (χ0v) is 21.4. The number of carbonyl (C=O) groups excluding carboxylic acids is 1. The number of para-hydroxylation sites is 1. The molecule has 5 rings (SSSR count). The van der Waals surface area contributed by atoms with E-state index in [0.717, 1.165) is 40.8 Å². The van der Waals surface area contributed by atoms with Crippen LogP contribution in [0.3, 0.4) is 0 Å². The molecule has 1 atom stereocenters. The van der Waals surface area contributed by atoms with Crippen LogP contribution >= 0.6 is 23.1 Å². The molecule has 0 aliphatic carbocycles. The van der Waals surface area contributed by atoms with E-state index in [0.29, 0.717) is 36.9 Å². The number of amides is 1. The summed E-state index contributed by atoms with van der Waals surface area (Å²) in [5.41, 5.74) is 1.33. The highest BCUT2D eigenvalue weighted by Crippen LogP contribution is 2.35. The molecule has 1 unspecified atom stereocenters. The van der Waals surface area contributed by atoms with Gasteiger partial charge in [0.25, 0.3) is 5.91 Å². The second-order valence-electron chi connectivity index (χ2n) is 8.49. The van der Waals surface area contributed by atoms with Gasteiger partial charge in [-0.15, -0.1) is 11.8 Å². The van der Waals surface area contributed by atoms with Gasteiger partial charge in [-0.25, -0.2) is 13.4 Å². The highest BCUT2D eigenvalue weighted by molar-refractivity contribution is 7.98. The third-order valence-electron chi connectivity index (χ3n) is 6.28. The Balaban J connectivity index is 1.46. The molecule has 2 aromatic carbocycles. The van der Waals surface area contributed by atoms with Gasteiger partial charge in [0.1, 0.15) is 0 Å². The second-order valence-corrected chi connectivity index (χ2v) is 12.3. The summed E-state index contributed by atoms with van der Waals surface area (Å²) >= 11 is 3.12. The molecule has 2 aliphatic heterocycles. The van der Waals surface area contributed by atoms with Gasteiger partial charge in [0.05, 0.1) is 27.8 Å². The number of nitrogens with zero attached hydrogens (tertiary/aromatic N) is 3. The van der Waals surface area contributed by atoms with Gasteiger partial charge in [0.2, 0.25) is 10.0 Å². The van der Waals surface area contributed by atoms with Crippen molar-refractivity contribution in [1.29, 1.82) is 0 Å². The predicted molar refractivity (Wildman–Crippen MR) is 136 cm³/mol. The number of carbonyl (C=O) groups is 1. The second kappa shape index (κ2) is 9.94. The van der Waals surface area contributed by atoms with Gasteiger partial charge in [-0.3, -0.25) is 9.69 Å². The molecule has 2 fully saturated rings. The largest absolute Gasteiger partial charge is 0.376 e. The average molecular weight is 518 g/mol. The molecule has 0 N–H and O–H groups in total. The van der Waals surface area contributed by atoms with Crippen LogP contribution in [0.4, 0.5) is 5.13 Å². The van der Waals surface area contributed by atoms with Crippen molar-refractivity contribution >= 4 is 54.4 Å². The summed E-state index contributed by atoms with van der Waals surface area (Å²) in [7, 11) is -3.52. The Labute approximate surface area is 208 Å². The maximum absolute atomic E-state index is 13.7. The number of thioether (sulfide) groups is 1. The Morgan fingerprint density at radius 1 is 1.18 bits per heavy atom. The quantitative estimate of drug-likeness (QED) is 0.425. The smallest absolute Gasteiger partial charge is 0.260 e. The van der Waals surface area contributed by atoms with E-state index < -0.39 is 10.0 Å². The lowest BCUT2D eigenvalue weighted by Crippen LogP contribution is -2.37. The van der Waals surface area contributed by atoms with Gasteiger partial charge in [0, 0.05) is 30.2 Å². The number of aromatic nitrogens is 1. The third-order valence-corrected chi connectivity index (χ3v) is 10.0. The standard InChI is InChI=1S/C24H27N3O4S3/c1-32-20-7-4-8-21-22(20)25-24(33-21)27(16-18-6-5-15-31-18)23(28)17-9-11-19(12-10-17)34(29,30)26-13-2-3-14-26/h4,7-12,18H,2-3,5-6,13-16H2,1H3. The van der Waals surface area contributed by atoms with Crippen molar-refractivity contribution in [2.45, 2.75) is 41.6 Å².